The molecule has 9 nitrogen and oxygen atoms in total. The number of hydrogen-bond donors (Lipinski definition) is 2. The molecule has 2 bridgehead atoms. The van der Waals surface area contributed by atoms with Crippen LogP contribution in [0.15, 0.2) is 18.2 Å². The van der Waals surface area contributed by atoms with Crippen molar-refractivity contribution >= 4 is 38.1 Å². The van der Waals surface area contributed by atoms with Crippen LogP contribution in [-0.2, 0) is 31.9 Å². The average molecular weight is 560 g/mol. The predicted molar refractivity (Wildman–Crippen MR) is 153 cm³/mol. The molecule has 1 aromatic rings. The summed E-state index contributed by atoms with van der Waals surface area (Å²) in [5.41, 5.74) is 0.498. The lowest BCUT2D eigenvalue weighted by molar-refractivity contribution is -0.128. The fourth-order valence-electron chi connectivity index (χ4n) is 5.65. The van der Waals surface area contributed by atoms with Crippen molar-refractivity contribution in [2.45, 2.75) is 116 Å². The molecule has 1 saturated carbocycles. The van der Waals surface area contributed by atoms with Crippen molar-refractivity contribution in [1.29, 1.82) is 5.26 Å². The van der Waals surface area contributed by atoms with Gasteiger partial charge in [-0.2, -0.15) is 18.8 Å². The summed E-state index contributed by atoms with van der Waals surface area (Å²) in [4.78, 5) is 27.9. The summed E-state index contributed by atoms with van der Waals surface area (Å²) in [5, 5.41) is 22.8. The Morgan fingerprint density at radius 2 is 1.87 bits per heavy atom. The van der Waals surface area contributed by atoms with Crippen molar-refractivity contribution in [3.63, 3.8) is 0 Å². The number of nitriles is 1. The zero-order valence-corrected chi connectivity index (χ0v) is 25.0. The molecule has 2 amide bonds. The number of ether oxygens (including phenoxy) is 1. The number of rotatable bonds is 6. The molecule has 2 N–H and O–H groups in total. The quantitative estimate of drug-likeness (QED) is 0.514. The van der Waals surface area contributed by atoms with Gasteiger partial charge in [0.1, 0.15) is 17.7 Å². The molecular weight excluding hydrogens is 517 g/mol. The maximum Gasteiger partial charge on any atom is 0.495 e. The number of aliphatic hydroxyl groups is 1. The monoisotopic (exact) mass is 559 g/mol. The molecule has 2 saturated heterocycles. The molecule has 214 valence electrons. The Hall–Kier alpha value is -2.26. The van der Waals surface area contributed by atoms with E-state index in [2.05, 4.69) is 11.4 Å². The lowest BCUT2D eigenvalue weighted by atomic mass is 9.75. The molecule has 4 rings (SSSR count). The topological polar surface area (TPSA) is 121 Å². The molecule has 1 aromatic carbocycles. The van der Waals surface area contributed by atoms with Crippen LogP contribution in [0.1, 0.15) is 78.9 Å². The molecule has 2 aliphatic heterocycles. The molecule has 11 heteroatoms. The van der Waals surface area contributed by atoms with Gasteiger partial charge >= 0.3 is 13.2 Å². The second-order valence-electron chi connectivity index (χ2n) is 12.7. The van der Waals surface area contributed by atoms with Crippen molar-refractivity contribution in [3.8, 4) is 6.07 Å². The number of hydrogen-bond acceptors (Lipinski definition) is 7. The fraction of sp³-hybridized carbons (Fsp3) is 0.679. The number of nitrogens with zero attached hydrogens (tertiary/aromatic N) is 2. The standard InChI is InChI=1S/C28H40BN3O6.H2S/c1-26(2,3)36-25(35)32-21-10-9-18(14-21)23(32)24(34)31-20(15-30)13-17-8-11-22(19(12-17)16-33)29-37-27(4,5)28(6,7)38-29;/h8,11-12,18,20-21,23,33H,9-10,13-14,16H2,1-7H3,(H,31,34);1H2. The van der Waals surface area contributed by atoms with Crippen LogP contribution in [0.5, 0.6) is 0 Å². The Labute approximate surface area is 239 Å². The van der Waals surface area contributed by atoms with E-state index in [1.54, 1.807) is 25.7 Å². The van der Waals surface area contributed by atoms with E-state index in [4.69, 9.17) is 14.0 Å². The molecule has 39 heavy (non-hydrogen) atoms. The highest BCUT2D eigenvalue weighted by Gasteiger charge is 2.53. The highest BCUT2D eigenvalue weighted by atomic mass is 32.1. The fourth-order valence-corrected chi connectivity index (χ4v) is 5.65. The number of fused-ring (bicyclic) bond motifs is 2. The van der Waals surface area contributed by atoms with Crippen LogP contribution in [0.2, 0.25) is 0 Å². The van der Waals surface area contributed by atoms with E-state index >= 15 is 0 Å². The predicted octanol–water partition coefficient (Wildman–Crippen LogP) is 2.93. The van der Waals surface area contributed by atoms with E-state index in [0.717, 1.165) is 30.3 Å². The van der Waals surface area contributed by atoms with Crippen LogP contribution in [0, 0.1) is 17.2 Å². The summed E-state index contributed by atoms with van der Waals surface area (Å²) in [5.74, 6) is -0.266. The van der Waals surface area contributed by atoms with Crippen molar-refractivity contribution in [2.24, 2.45) is 5.92 Å². The van der Waals surface area contributed by atoms with Gasteiger partial charge in [-0.3, -0.25) is 9.69 Å². The van der Waals surface area contributed by atoms with E-state index < -0.39 is 42.1 Å². The molecule has 0 spiro atoms. The summed E-state index contributed by atoms with van der Waals surface area (Å²) >= 11 is 0. The van der Waals surface area contributed by atoms with Gasteiger partial charge in [0.25, 0.3) is 0 Å². The van der Waals surface area contributed by atoms with E-state index in [1.807, 2.05) is 45.9 Å². The number of nitrogens with one attached hydrogen (secondary N) is 1. The van der Waals surface area contributed by atoms with Gasteiger partial charge in [-0.25, -0.2) is 4.79 Å². The summed E-state index contributed by atoms with van der Waals surface area (Å²) in [7, 11) is -0.612. The molecule has 4 unspecified atom stereocenters. The maximum atomic E-state index is 13.4. The minimum absolute atomic E-state index is 0. The van der Waals surface area contributed by atoms with Gasteiger partial charge in [0.05, 0.1) is 23.9 Å². The minimum Gasteiger partial charge on any atom is -0.444 e. The van der Waals surface area contributed by atoms with E-state index in [-0.39, 0.29) is 44.4 Å². The van der Waals surface area contributed by atoms with Gasteiger partial charge in [0, 0.05) is 12.5 Å². The van der Waals surface area contributed by atoms with Gasteiger partial charge in [0.15, 0.2) is 0 Å². The Bertz CT molecular complexity index is 1120. The smallest absolute Gasteiger partial charge is 0.444 e. The molecule has 3 aliphatic rings. The van der Waals surface area contributed by atoms with Crippen LogP contribution in [0.4, 0.5) is 4.79 Å². The molecule has 0 radical (unpaired) electrons. The summed E-state index contributed by atoms with van der Waals surface area (Å²) < 4.78 is 17.9. The lowest BCUT2D eigenvalue weighted by Crippen LogP contribution is -2.55. The average Bonchev–Trinajstić information content (AvgIpc) is 3.48. The van der Waals surface area contributed by atoms with E-state index in [0.29, 0.717) is 5.56 Å². The number of piperidine rings is 1. The lowest BCUT2D eigenvalue weighted by Gasteiger charge is -2.35. The van der Waals surface area contributed by atoms with Crippen LogP contribution in [0.3, 0.4) is 0 Å². The highest BCUT2D eigenvalue weighted by Crippen LogP contribution is 2.43. The van der Waals surface area contributed by atoms with Crippen LogP contribution in [-0.4, -0.2) is 64.1 Å². The SMILES string of the molecule is CC(C)(C)OC(=O)N1C2CCC(C2)C1C(=O)NC(C#N)Cc1ccc(B2OC(C)(C)C(C)(C)O2)c(CO)c1.S. The van der Waals surface area contributed by atoms with Gasteiger partial charge < -0.3 is 24.5 Å². The largest absolute Gasteiger partial charge is 0.495 e. The number of carbonyl (C=O) groups excluding carboxylic acids is 2. The third kappa shape index (κ3) is 6.40. The number of amides is 2. The second kappa shape index (κ2) is 11.3. The Kier molecular flexibility index (Phi) is 9.08. The molecule has 2 heterocycles. The Morgan fingerprint density at radius 3 is 2.44 bits per heavy atom. The van der Waals surface area contributed by atoms with Crippen LogP contribution >= 0.6 is 13.5 Å². The third-order valence-corrected chi connectivity index (χ3v) is 8.26. The van der Waals surface area contributed by atoms with Gasteiger partial charge in [-0.1, -0.05) is 18.2 Å². The first kappa shape index (κ1) is 31.3. The zero-order chi connectivity index (χ0) is 28.0. The molecule has 4 atom stereocenters. The summed E-state index contributed by atoms with van der Waals surface area (Å²) in [6.07, 6.45) is 2.28. The maximum absolute atomic E-state index is 13.4. The molecule has 1 aliphatic carbocycles. The first-order valence-corrected chi connectivity index (χ1v) is 13.5. The normalized spacial score (nSPS) is 25.6. The van der Waals surface area contributed by atoms with Crippen molar-refractivity contribution < 1.29 is 28.7 Å². The number of carbonyl (C=O) groups is 2. The first-order chi connectivity index (χ1) is 17.7. The Balaban J connectivity index is 0.00000420. The van der Waals surface area contributed by atoms with Gasteiger partial charge in [-0.05, 0) is 90.2 Å². The second-order valence-corrected chi connectivity index (χ2v) is 12.7. The summed E-state index contributed by atoms with van der Waals surface area (Å²) in [6.45, 7) is 13.1. The molecule has 0 aromatic heterocycles. The highest BCUT2D eigenvalue weighted by molar-refractivity contribution is 7.59. The van der Waals surface area contributed by atoms with Crippen molar-refractivity contribution in [1.82, 2.24) is 10.2 Å². The van der Waals surface area contributed by atoms with Crippen molar-refractivity contribution in [3.05, 3.63) is 29.3 Å². The molecule has 3 fully saturated rings. The number of likely N-dealkylation sites (tertiary alicyclic amines) is 1. The van der Waals surface area contributed by atoms with Gasteiger partial charge in [-0.15, -0.1) is 0 Å². The zero-order valence-electron chi connectivity index (χ0n) is 24.0. The number of benzene rings is 1. The van der Waals surface area contributed by atoms with Gasteiger partial charge in [0.2, 0.25) is 5.91 Å². The van der Waals surface area contributed by atoms with Crippen molar-refractivity contribution in [2.75, 3.05) is 0 Å². The minimum atomic E-state index is -0.795. The van der Waals surface area contributed by atoms with Crippen LogP contribution in [0.25, 0.3) is 0 Å². The molecular formula is C28H42BN3O6S. The van der Waals surface area contributed by atoms with Crippen LogP contribution < -0.4 is 10.8 Å². The third-order valence-electron chi connectivity index (χ3n) is 8.26. The van der Waals surface area contributed by atoms with E-state index in [1.165, 1.54) is 0 Å². The summed E-state index contributed by atoms with van der Waals surface area (Å²) in [6, 6.07) is 6.26. The van der Waals surface area contributed by atoms with E-state index in [9.17, 15) is 20.0 Å². The Morgan fingerprint density at radius 1 is 1.23 bits per heavy atom. The number of aliphatic hydroxyl groups excluding tert-OH is 1. The first-order valence-electron chi connectivity index (χ1n) is 13.5.